The molecule has 2 aromatic carbocycles. The van der Waals surface area contributed by atoms with Gasteiger partial charge in [0.25, 0.3) is 5.91 Å². The second-order valence-electron chi connectivity index (χ2n) is 11.4. The van der Waals surface area contributed by atoms with Gasteiger partial charge in [0.2, 0.25) is 0 Å². The molecule has 33 heavy (non-hydrogen) atoms. The van der Waals surface area contributed by atoms with Gasteiger partial charge in [-0.15, -0.1) is 0 Å². The highest BCUT2D eigenvalue weighted by Gasteiger charge is 2.51. The van der Waals surface area contributed by atoms with Crippen LogP contribution in [0.3, 0.4) is 0 Å². The Morgan fingerprint density at radius 1 is 1.00 bits per heavy atom. The zero-order valence-corrected chi connectivity index (χ0v) is 20.3. The van der Waals surface area contributed by atoms with Gasteiger partial charge >= 0.3 is 0 Å². The van der Waals surface area contributed by atoms with Gasteiger partial charge in [-0.1, -0.05) is 32.9 Å². The lowest BCUT2D eigenvalue weighted by atomic mass is 9.65. The summed E-state index contributed by atoms with van der Waals surface area (Å²) in [5, 5.41) is 0. The number of fused-ring (bicyclic) bond motifs is 2. The number of rotatable bonds is 3. The molecule has 172 valence electrons. The van der Waals surface area contributed by atoms with Crippen LogP contribution in [0.2, 0.25) is 0 Å². The number of hydrogen-bond acceptors (Lipinski definition) is 1. The van der Waals surface area contributed by atoms with E-state index in [1.54, 1.807) is 12.1 Å². The molecule has 0 spiro atoms. The van der Waals surface area contributed by atoms with Crippen molar-refractivity contribution in [2.45, 2.75) is 59.9 Å². The van der Waals surface area contributed by atoms with E-state index in [2.05, 4.69) is 55.4 Å². The number of aryl methyl sites for hydroxylation is 1. The average Bonchev–Trinajstić information content (AvgIpc) is 3.20. The summed E-state index contributed by atoms with van der Waals surface area (Å²) in [7, 11) is 0. The molecule has 1 saturated heterocycles. The van der Waals surface area contributed by atoms with Crippen molar-refractivity contribution in [1.29, 1.82) is 0 Å². The molecule has 0 radical (unpaired) electrons. The normalized spacial score (nSPS) is 23.7. The largest absolute Gasteiger partial charge is 0.335 e. The van der Waals surface area contributed by atoms with Crippen LogP contribution in [0.1, 0.15) is 61.6 Å². The zero-order valence-electron chi connectivity index (χ0n) is 20.3. The third-order valence-corrected chi connectivity index (χ3v) is 7.55. The molecule has 1 aliphatic carbocycles. The summed E-state index contributed by atoms with van der Waals surface area (Å²) >= 11 is 0. The van der Waals surface area contributed by atoms with Gasteiger partial charge in [0.05, 0.1) is 11.3 Å². The molecule has 2 fully saturated rings. The first-order valence-electron chi connectivity index (χ1n) is 11.9. The van der Waals surface area contributed by atoms with E-state index in [1.807, 2.05) is 19.1 Å². The molecule has 1 amide bonds. The van der Waals surface area contributed by atoms with Crippen LogP contribution in [-0.2, 0) is 0 Å². The van der Waals surface area contributed by atoms with Gasteiger partial charge in [-0.25, -0.2) is 4.39 Å². The predicted molar refractivity (Wildman–Crippen MR) is 131 cm³/mol. The lowest BCUT2D eigenvalue weighted by Crippen LogP contribution is -2.37. The van der Waals surface area contributed by atoms with E-state index in [9.17, 15) is 9.18 Å². The highest BCUT2D eigenvalue weighted by molar-refractivity contribution is 5.98. The summed E-state index contributed by atoms with van der Waals surface area (Å²) in [6.07, 6.45) is 3.30. The van der Waals surface area contributed by atoms with Crippen LogP contribution in [-0.4, -0.2) is 28.0 Å². The van der Waals surface area contributed by atoms with Crippen LogP contribution < -0.4 is 0 Å². The topological polar surface area (TPSA) is 25.2 Å². The monoisotopic (exact) mass is 444 g/mol. The number of likely N-dealkylation sites (tertiary alicyclic amines) is 1. The molecule has 5 rings (SSSR count). The molecule has 1 aromatic heterocycles. The number of carbonyl (C=O) groups excluding carboxylic acids is 1. The predicted octanol–water partition coefficient (Wildman–Crippen LogP) is 6.94. The maximum atomic E-state index is 14.0. The van der Waals surface area contributed by atoms with Gasteiger partial charge in [-0.3, -0.25) is 4.79 Å². The molecule has 1 aliphatic heterocycles. The summed E-state index contributed by atoms with van der Waals surface area (Å²) in [4.78, 5) is 16.1. The molecule has 2 unspecified atom stereocenters. The van der Waals surface area contributed by atoms with E-state index in [0.717, 1.165) is 59.6 Å². The standard InChI is InChI=1S/C29H33FN2O/c1-19-7-6-8-23(13-19)32-20(2)25(14-26(32)21-9-11-22(30)12-10-21)27(33)31-18-29(5)16-24(31)15-28(3,4)17-29/h6-14,24H,15-18H2,1-5H3. The van der Waals surface area contributed by atoms with Crippen molar-refractivity contribution in [3.8, 4) is 16.9 Å². The van der Waals surface area contributed by atoms with Crippen molar-refractivity contribution < 1.29 is 9.18 Å². The molecule has 2 heterocycles. The smallest absolute Gasteiger partial charge is 0.255 e. The SMILES string of the molecule is Cc1cccc(-n2c(-c3ccc(F)cc3)cc(C(=O)N3CC4(C)CC3CC(C)(C)C4)c2C)c1. The lowest BCUT2D eigenvalue weighted by Gasteiger charge is -2.39. The number of aromatic nitrogens is 1. The maximum Gasteiger partial charge on any atom is 0.255 e. The van der Waals surface area contributed by atoms with Gasteiger partial charge in [-0.05, 0) is 97.5 Å². The van der Waals surface area contributed by atoms with Crippen LogP contribution in [0.4, 0.5) is 4.39 Å². The minimum Gasteiger partial charge on any atom is -0.335 e. The quantitative estimate of drug-likeness (QED) is 0.429. The van der Waals surface area contributed by atoms with E-state index in [0.29, 0.717) is 6.04 Å². The number of hydrogen-bond donors (Lipinski definition) is 0. The molecule has 2 bridgehead atoms. The number of benzene rings is 2. The highest BCUT2D eigenvalue weighted by atomic mass is 19.1. The molecule has 4 heteroatoms. The molecule has 1 saturated carbocycles. The average molecular weight is 445 g/mol. The first-order valence-corrected chi connectivity index (χ1v) is 11.9. The Bertz CT molecular complexity index is 1220. The summed E-state index contributed by atoms with van der Waals surface area (Å²) < 4.78 is 15.8. The maximum absolute atomic E-state index is 14.0. The van der Waals surface area contributed by atoms with Gasteiger partial charge in [0, 0.05) is 24.0 Å². The van der Waals surface area contributed by atoms with E-state index in [1.165, 1.54) is 12.1 Å². The van der Waals surface area contributed by atoms with Gasteiger partial charge in [-0.2, -0.15) is 0 Å². The number of carbonyl (C=O) groups is 1. The summed E-state index contributed by atoms with van der Waals surface area (Å²) in [6, 6.07) is 17.1. The summed E-state index contributed by atoms with van der Waals surface area (Å²) in [6.45, 7) is 11.9. The first-order chi connectivity index (χ1) is 15.6. The van der Waals surface area contributed by atoms with Gasteiger partial charge in [0.15, 0.2) is 0 Å². The van der Waals surface area contributed by atoms with E-state index in [4.69, 9.17) is 0 Å². The van der Waals surface area contributed by atoms with E-state index < -0.39 is 0 Å². The molecule has 2 atom stereocenters. The van der Waals surface area contributed by atoms with Crippen molar-refractivity contribution in [3.05, 3.63) is 77.2 Å². The molecule has 3 nitrogen and oxygen atoms in total. The van der Waals surface area contributed by atoms with Crippen molar-refractivity contribution in [3.63, 3.8) is 0 Å². The zero-order chi connectivity index (χ0) is 23.5. The summed E-state index contributed by atoms with van der Waals surface area (Å²) in [5.41, 5.74) is 6.09. The van der Waals surface area contributed by atoms with Crippen molar-refractivity contribution >= 4 is 5.91 Å². The Labute approximate surface area is 196 Å². The van der Waals surface area contributed by atoms with E-state index >= 15 is 0 Å². The van der Waals surface area contributed by atoms with Gasteiger partial charge in [0.1, 0.15) is 5.82 Å². The second-order valence-corrected chi connectivity index (χ2v) is 11.4. The first kappa shape index (κ1) is 21.9. The molecule has 0 N–H and O–H groups in total. The number of amides is 1. The Balaban J connectivity index is 1.61. The minimum atomic E-state index is -0.263. The number of nitrogens with zero attached hydrogens (tertiary/aromatic N) is 2. The van der Waals surface area contributed by atoms with Crippen LogP contribution in [0.5, 0.6) is 0 Å². The van der Waals surface area contributed by atoms with Crippen LogP contribution in [0, 0.1) is 30.5 Å². The fourth-order valence-electron chi connectivity index (χ4n) is 6.61. The van der Waals surface area contributed by atoms with Crippen LogP contribution in [0.15, 0.2) is 54.6 Å². The fourth-order valence-corrected chi connectivity index (χ4v) is 6.61. The number of halogens is 1. The van der Waals surface area contributed by atoms with E-state index in [-0.39, 0.29) is 22.6 Å². The Morgan fingerprint density at radius 2 is 1.73 bits per heavy atom. The molecular formula is C29H33FN2O. The summed E-state index contributed by atoms with van der Waals surface area (Å²) in [5.74, 6) is -0.144. The molecule has 3 aromatic rings. The Kier molecular flexibility index (Phi) is 5.04. The van der Waals surface area contributed by atoms with Gasteiger partial charge < -0.3 is 9.47 Å². The lowest BCUT2D eigenvalue weighted by molar-refractivity contribution is 0.0707. The van der Waals surface area contributed by atoms with Crippen molar-refractivity contribution in [2.24, 2.45) is 10.8 Å². The van der Waals surface area contributed by atoms with Crippen LogP contribution >= 0.6 is 0 Å². The molecular weight excluding hydrogens is 411 g/mol. The fraction of sp³-hybridized carbons (Fsp3) is 0.414. The highest BCUT2D eigenvalue weighted by Crippen LogP contribution is 2.53. The second kappa shape index (κ2) is 7.58. The minimum absolute atomic E-state index is 0.119. The Hall–Kier alpha value is -2.88. The van der Waals surface area contributed by atoms with Crippen molar-refractivity contribution in [2.75, 3.05) is 6.54 Å². The Morgan fingerprint density at radius 3 is 2.42 bits per heavy atom. The third-order valence-electron chi connectivity index (χ3n) is 7.55. The van der Waals surface area contributed by atoms with Crippen LogP contribution in [0.25, 0.3) is 16.9 Å². The van der Waals surface area contributed by atoms with Crippen molar-refractivity contribution in [1.82, 2.24) is 9.47 Å². The third kappa shape index (κ3) is 3.90. The molecule has 2 aliphatic rings.